The van der Waals surface area contributed by atoms with Gasteiger partial charge in [-0.2, -0.15) is 0 Å². The molecule has 0 aromatic heterocycles. The van der Waals surface area contributed by atoms with Gasteiger partial charge in [-0.05, 0) is 56.3 Å². The minimum atomic E-state index is -0.234. The first kappa shape index (κ1) is 14.8. The lowest BCUT2D eigenvalue weighted by molar-refractivity contribution is -0.122. The molecule has 0 aliphatic heterocycles. The van der Waals surface area contributed by atoms with E-state index in [0.29, 0.717) is 5.78 Å². The number of hydrogen-bond donors (Lipinski definition) is 0. The summed E-state index contributed by atoms with van der Waals surface area (Å²) in [5.74, 6) is 1.13. The first-order valence-corrected chi connectivity index (χ1v) is 6.99. The molecule has 1 unspecified atom stereocenters. The molecule has 1 saturated carbocycles. The first-order valence-electron chi connectivity index (χ1n) is 6.99. The van der Waals surface area contributed by atoms with E-state index in [2.05, 4.69) is 11.8 Å². The van der Waals surface area contributed by atoms with E-state index in [0.717, 1.165) is 36.3 Å². The first-order chi connectivity index (χ1) is 9.44. The molecule has 0 N–H and O–H groups in total. The van der Waals surface area contributed by atoms with Crippen molar-refractivity contribution in [2.75, 3.05) is 27.7 Å². The summed E-state index contributed by atoms with van der Waals surface area (Å²) in [5, 5.41) is 0. The Labute approximate surface area is 121 Å². The fourth-order valence-electron chi connectivity index (χ4n) is 2.91. The van der Waals surface area contributed by atoms with Crippen molar-refractivity contribution in [1.29, 1.82) is 0 Å². The molecular formula is C17H23NO2. The Morgan fingerprint density at radius 1 is 1.30 bits per heavy atom. The third kappa shape index (κ3) is 3.10. The number of Topliss-reactive ketones (excluding diaryl/α,β-unsaturated/α-hetero) is 1. The standard InChI is InChI=1S/C17H23NO2/c1-17(12-18(2)3)10-9-14(16(17)19)11-13-5-7-15(20-4)8-6-13/h5-8,11H,9-10,12H2,1-4H3/b14-11+. The topological polar surface area (TPSA) is 29.5 Å². The predicted octanol–water partition coefficient (Wildman–Crippen LogP) is 3.01. The third-order valence-electron chi connectivity index (χ3n) is 3.91. The normalized spacial score (nSPS) is 24.6. The highest BCUT2D eigenvalue weighted by Crippen LogP contribution is 2.39. The monoisotopic (exact) mass is 273 g/mol. The van der Waals surface area contributed by atoms with Gasteiger partial charge in [0.2, 0.25) is 0 Å². The molecule has 0 amide bonds. The molecule has 108 valence electrons. The zero-order valence-electron chi connectivity index (χ0n) is 12.8. The van der Waals surface area contributed by atoms with Crippen molar-refractivity contribution in [2.24, 2.45) is 5.41 Å². The van der Waals surface area contributed by atoms with Gasteiger partial charge in [-0.25, -0.2) is 0 Å². The Morgan fingerprint density at radius 2 is 1.95 bits per heavy atom. The Kier molecular flexibility index (Phi) is 4.29. The van der Waals surface area contributed by atoms with Gasteiger partial charge in [0, 0.05) is 12.0 Å². The van der Waals surface area contributed by atoms with Crippen molar-refractivity contribution in [3.05, 3.63) is 35.4 Å². The predicted molar refractivity (Wildman–Crippen MR) is 81.9 cm³/mol. The Hall–Kier alpha value is -1.61. The summed E-state index contributed by atoms with van der Waals surface area (Å²) in [4.78, 5) is 14.7. The van der Waals surface area contributed by atoms with Crippen LogP contribution in [0.2, 0.25) is 0 Å². The Balaban J connectivity index is 2.17. The van der Waals surface area contributed by atoms with Crippen LogP contribution in [0.5, 0.6) is 5.75 Å². The summed E-state index contributed by atoms with van der Waals surface area (Å²) >= 11 is 0. The van der Waals surface area contributed by atoms with Gasteiger partial charge in [0.05, 0.1) is 7.11 Å². The Morgan fingerprint density at radius 3 is 2.50 bits per heavy atom. The number of ether oxygens (including phenoxy) is 1. The van der Waals surface area contributed by atoms with Crippen LogP contribution >= 0.6 is 0 Å². The number of nitrogens with zero attached hydrogens (tertiary/aromatic N) is 1. The summed E-state index contributed by atoms with van der Waals surface area (Å²) in [6.07, 6.45) is 3.82. The zero-order valence-corrected chi connectivity index (χ0v) is 12.8. The van der Waals surface area contributed by atoms with Gasteiger partial charge in [0.1, 0.15) is 5.75 Å². The van der Waals surface area contributed by atoms with Crippen molar-refractivity contribution < 1.29 is 9.53 Å². The second-order valence-corrected chi connectivity index (χ2v) is 6.07. The second-order valence-electron chi connectivity index (χ2n) is 6.07. The molecule has 1 aliphatic rings. The number of carbonyl (C=O) groups excluding carboxylic acids is 1. The molecule has 1 aromatic carbocycles. The van der Waals surface area contributed by atoms with Crippen LogP contribution < -0.4 is 4.74 Å². The number of rotatable bonds is 4. The van der Waals surface area contributed by atoms with Crippen LogP contribution in [0.3, 0.4) is 0 Å². The van der Waals surface area contributed by atoms with Crippen molar-refractivity contribution in [2.45, 2.75) is 19.8 Å². The lowest BCUT2D eigenvalue weighted by atomic mass is 9.86. The Bertz CT molecular complexity index is 516. The molecule has 20 heavy (non-hydrogen) atoms. The number of ketones is 1. The van der Waals surface area contributed by atoms with Crippen LogP contribution in [-0.2, 0) is 4.79 Å². The number of benzene rings is 1. The fraction of sp³-hybridized carbons (Fsp3) is 0.471. The van der Waals surface area contributed by atoms with E-state index in [9.17, 15) is 4.79 Å². The summed E-state index contributed by atoms with van der Waals surface area (Å²) in [6, 6.07) is 7.82. The van der Waals surface area contributed by atoms with Crippen LogP contribution in [0.15, 0.2) is 29.8 Å². The molecule has 3 heteroatoms. The fourth-order valence-corrected chi connectivity index (χ4v) is 2.91. The van der Waals surface area contributed by atoms with Crippen LogP contribution in [-0.4, -0.2) is 38.4 Å². The number of hydrogen-bond acceptors (Lipinski definition) is 3. The quantitative estimate of drug-likeness (QED) is 0.790. The van der Waals surface area contributed by atoms with Crippen molar-refractivity contribution in [3.63, 3.8) is 0 Å². The lowest BCUT2D eigenvalue weighted by Crippen LogP contribution is -2.34. The highest BCUT2D eigenvalue weighted by Gasteiger charge is 2.40. The maximum Gasteiger partial charge on any atom is 0.166 e. The molecule has 1 aromatic rings. The average Bonchev–Trinajstić information content (AvgIpc) is 2.67. The molecule has 0 spiro atoms. The van der Waals surface area contributed by atoms with Gasteiger partial charge in [-0.15, -0.1) is 0 Å². The molecule has 1 fully saturated rings. The maximum absolute atomic E-state index is 12.6. The molecule has 1 atom stereocenters. The van der Waals surface area contributed by atoms with Gasteiger partial charge >= 0.3 is 0 Å². The van der Waals surface area contributed by atoms with E-state index < -0.39 is 0 Å². The minimum Gasteiger partial charge on any atom is -0.497 e. The van der Waals surface area contributed by atoms with Gasteiger partial charge < -0.3 is 9.64 Å². The van der Waals surface area contributed by atoms with Gasteiger partial charge in [-0.1, -0.05) is 19.1 Å². The zero-order chi connectivity index (χ0) is 14.8. The summed E-state index contributed by atoms with van der Waals surface area (Å²) in [7, 11) is 5.69. The van der Waals surface area contributed by atoms with Gasteiger partial charge in [0.15, 0.2) is 5.78 Å². The van der Waals surface area contributed by atoms with Crippen LogP contribution in [0.1, 0.15) is 25.3 Å². The molecule has 0 radical (unpaired) electrons. The van der Waals surface area contributed by atoms with E-state index >= 15 is 0 Å². The molecule has 0 bridgehead atoms. The van der Waals surface area contributed by atoms with Crippen LogP contribution in [0.25, 0.3) is 6.08 Å². The number of methoxy groups -OCH3 is 1. The summed E-state index contributed by atoms with van der Waals surface area (Å²) in [6.45, 7) is 2.88. The minimum absolute atomic E-state index is 0.234. The maximum atomic E-state index is 12.6. The SMILES string of the molecule is COc1ccc(/C=C2\CCC(C)(CN(C)C)C2=O)cc1. The molecule has 3 nitrogen and oxygen atoms in total. The smallest absolute Gasteiger partial charge is 0.166 e. The van der Waals surface area contributed by atoms with Crippen molar-refractivity contribution in [1.82, 2.24) is 4.90 Å². The van der Waals surface area contributed by atoms with Crippen LogP contribution in [0, 0.1) is 5.41 Å². The highest BCUT2D eigenvalue weighted by molar-refractivity contribution is 6.05. The third-order valence-corrected chi connectivity index (χ3v) is 3.91. The van der Waals surface area contributed by atoms with Gasteiger partial charge in [0.25, 0.3) is 0 Å². The van der Waals surface area contributed by atoms with Crippen LogP contribution in [0.4, 0.5) is 0 Å². The van der Waals surface area contributed by atoms with Crippen molar-refractivity contribution >= 4 is 11.9 Å². The molecule has 0 heterocycles. The summed E-state index contributed by atoms with van der Waals surface area (Å²) in [5.41, 5.74) is 1.77. The van der Waals surface area contributed by atoms with Crippen molar-refractivity contribution in [3.8, 4) is 5.75 Å². The molecule has 2 rings (SSSR count). The summed E-state index contributed by atoms with van der Waals surface area (Å²) < 4.78 is 5.14. The second kappa shape index (κ2) is 5.80. The van der Waals surface area contributed by atoms with E-state index in [1.807, 2.05) is 44.4 Å². The van der Waals surface area contributed by atoms with E-state index in [-0.39, 0.29) is 5.41 Å². The molecular weight excluding hydrogens is 250 g/mol. The largest absolute Gasteiger partial charge is 0.497 e. The van der Waals surface area contributed by atoms with E-state index in [1.165, 1.54) is 0 Å². The molecule has 1 aliphatic carbocycles. The average molecular weight is 273 g/mol. The van der Waals surface area contributed by atoms with E-state index in [4.69, 9.17) is 4.74 Å². The lowest BCUT2D eigenvalue weighted by Gasteiger charge is -2.25. The molecule has 0 saturated heterocycles. The highest BCUT2D eigenvalue weighted by atomic mass is 16.5. The van der Waals surface area contributed by atoms with Gasteiger partial charge in [-0.3, -0.25) is 4.79 Å². The number of allylic oxidation sites excluding steroid dienone is 1. The van der Waals surface area contributed by atoms with E-state index in [1.54, 1.807) is 7.11 Å². The number of carbonyl (C=O) groups is 1.